The molecule has 1 atom stereocenters. The van der Waals surface area contributed by atoms with Crippen molar-refractivity contribution in [2.45, 2.75) is 12.8 Å². The number of esters is 1. The quantitative estimate of drug-likeness (QED) is 0.533. The van der Waals surface area contributed by atoms with E-state index in [4.69, 9.17) is 15.9 Å². The highest BCUT2D eigenvalue weighted by Gasteiger charge is 2.33. The van der Waals surface area contributed by atoms with Gasteiger partial charge >= 0.3 is 5.97 Å². The van der Waals surface area contributed by atoms with Crippen LogP contribution in [0.4, 0.5) is 5.69 Å². The van der Waals surface area contributed by atoms with Crippen LogP contribution in [0.15, 0.2) is 18.2 Å². The number of nitrogens with one attached hydrogen (secondary N) is 1. The van der Waals surface area contributed by atoms with Crippen molar-refractivity contribution >= 4 is 17.4 Å². The molecule has 1 aromatic carbocycles. The van der Waals surface area contributed by atoms with Crippen molar-refractivity contribution in [1.82, 2.24) is 0 Å². The van der Waals surface area contributed by atoms with E-state index in [0.717, 1.165) is 11.1 Å². The standard InChI is InChI=1S/C11H12N2O2/c1-6-3-2-4-7(9(6)12)8-5-15-11(14)10(8)13/h2-4,8,13H,5,12H2,1H3. The van der Waals surface area contributed by atoms with Crippen LogP contribution in [0, 0.1) is 12.3 Å². The van der Waals surface area contributed by atoms with Crippen molar-refractivity contribution in [1.29, 1.82) is 5.41 Å². The predicted octanol–water partition coefficient (Wildman–Crippen LogP) is 1.24. The van der Waals surface area contributed by atoms with E-state index >= 15 is 0 Å². The lowest BCUT2D eigenvalue weighted by molar-refractivity contribution is -0.132. The normalized spacial score (nSPS) is 20.5. The highest BCUT2D eigenvalue weighted by Crippen LogP contribution is 2.29. The molecule has 78 valence electrons. The summed E-state index contributed by atoms with van der Waals surface area (Å²) in [5.41, 5.74) is 8.31. The molecule has 0 amide bonds. The summed E-state index contributed by atoms with van der Waals surface area (Å²) in [5.74, 6) is -0.849. The van der Waals surface area contributed by atoms with Crippen LogP contribution >= 0.6 is 0 Å². The largest absolute Gasteiger partial charge is 0.460 e. The average Bonchev–Trinajstić information content (AvgIpc) is 2.53. The topological polar surface area (TPSA) is 76.2 Å². The number of carbonyl (C=O) groups excluding carboxylic acids is 1. The number of nitrogens with two attached hydrogens (primary N) is 1. The van der Waals surface area contributed by atoms with Crippen molar-refractivity contribution in [2.75, 3.05) is 12.3 Å². The van der Waals surface area contributed by atoms with Gasteiger partial charge in [-0.3, -0.25) is 5.41 Å². The third-order valence-electron chi connectivity index (χ3n) is 2.68. The molecule has 0 saturated carbocycles. The van der Waals surface area contributed by atoms with Gasteiger partial charge in [-0.15, -0.1) is 0 Å². The summed E-state index contributed by atoms with van der Waals surface area (Å²) in [7, 11) is 0. The average molecular weight is 204 g/mol. The van der Waals surface area contributed by atoms with Crippen LogP contribution in [-0.2, 0) is 9.53 Å². The minimum atomic E-state index is -0.541. The molecule has 1 aliphatic rings. The molecule has 0 aliphatic carbocycles. The SMILES string of the molecule is Cc1cccc(C2COC(=O)C2=N)c1N. The number of anilines is 1. The Morgan fingerprint density at radius 1 is 1.53 bits per heavy atom. The number of cyclic esters (lactones) is 1. The number of ether oxygens (including phenoxy) is 1. The second kappa shape index (κ2) is 3.38. The molecule has 1 aliphatic heterocycles. The Bertz CT molecular complexity index is 440. The van der Waals surface area contributed by atoms with Crippen LogP contribution in [0.2, 0.25) is 0 Å². The van der Waals surface area contributed by atoms with Crippen molar-refractivity contribution in [3.05, 3.63) is 29.3 Å². The minimum absolute atomic E-state index is 0.00713. The van der Waals surface area contributed by atoms with E-state index in [1.807, 2.05) is 25.1 Å². The van der Waals surface area contributed by atoms with Gasteiger partial charge in [-0.2, -0.15) is 0 Å². The van der Waals surface area contributed by atoms with E-state index in [1.54, 1.807) is 0 Å². The van der Waals surface area contributed by atoms with Gasteiger partial charge in [0.15, 0.2) is 0 Å². The summed E-state index contributed by atoms with van der Waals surface area (Å²) in [4.78, 5) is 11.1. The summed E-state index contributed by atoms with van der Waals surface area (Å²) < 4.78 is 4.81. The first-order valence-electron chi connectivity index (χ1n) is 4.72. The van der Waals surface area contributed by atoms with Crippen molar-refractivity contribution in [3.8, 4) is 0 Å². The molecule has 1 fully saturated rings. The van der Waals surface area contributed by atoms with Gasteiger partial charge in [-0.25, -0.2) is 4.79 Å². The molecule has 0 spiro atoms. The van der Waals surface area contributed by atoms with Crippen LogP contribution < -0.4 is 5.73 Å². The van der Waals surface area contributed by atoms with Gasteiger partial charge in [0.1, 0.15) is 12.3 Å². The Labute approximate surface area is 87.6 Å². The molecule has 4 heteroatoms. The zero-order chi connectivity index (χ0) is 11.0. The molecule has 1 saturated heterocycles. The summed E-state index contributed by atoms with van der Waals surface area (Å²) in [6.07, 6.45) is 0. The van der Waals surface area contributed by atoms with E-state index in [0.29, 0.717) is 5.69 Å². The molecule has 1 unspecified atom stereocenters. The fraction of sp³-hybridized carbons (Fsp3) is 0.273. The molecule has 0 bridgehead atoms. The lowest BCUT2D eigenvalue weighted by atomic mass is 9.93. The lowest BCUT2D eigenvalue weighted by Gasteiger charge is -2.11. The van der Waals surface area contributed by atoms with E-state index in [1.165, 1.54) is 0 Å². The first-order valence-corrected chi connectivity index (χ1v) is 4.72. The van der Waals surface area contributed by atoms with Crippen molar-refractivity contribution in [2.24, 2.45) is 0 Å². The number of para-hydroxylation sites is 1. The minimum Gasteiger partial charge on any atom is -0.460 e. The number of hydrogen-bond donors (Lipinski definition) is 2. The Hall–Kier alpha value is -1.84. The molecule has 3 N–H and O–H groups in total. The first-order chi connectivity index (χ1) is 7.11. The molecular formula is C11H12N2O2. The third-order valence-corrected chi connectivity index (χ3v) is 2.68. The predicted molar refractivity (Wildman–Crippen MR) is 57.0 cm³/mol. The van der Waals surface area contributed by atoms with Crippen LogP contribution in [0.3, 0.4) is 0 Å². The zero-order valence-electron chi connectivity index (χ0n) is 8.41. The highest BCUT2D eigenvalue weighted by molar-refractivity contribution is 6.39. The maximum absolute atomic E-state index is 11.1. The second-order valence-corrected chi connectivity index (χ2v) is 3.64. The van der Waals surface area contributed by atoms with E-state index in [2.05, 4.69) is 0 Å². The number of aryl methyl sites for hydroxylation is 1. The van der Waals surface area contributed by atoms with Gasteiger partial charge < -0.3 is 10.5 Å². The van der Waals surface area contributed by atoms with Crippen molar-refractivity contribution < 1.29 is 9.53 Å². The molecular weight excluding hydrogens is 192 g/mol. The number of benzene rings is 1. The van der Waals surface area contributed by atoms with E-state index in [-0.39, 0.29) is 18.2 Å². The molecule has 2 rings (SSSR count). The second-order valence-electron chi connectivity index (χ2n) is 3.64. The van der Waals surface area contributed by atoms with E-state index < -0.39 is 5.97 Å². The monoisotopic (exact) mass is 204 g/mol. The zero-order valence-corrected chi connectivity index (χ0v) is 8.41. The summed E-state index contributed by atoms with van der Waals surface area (Å²) >= 11 is 0. The Balaban J connectivity index is 2.43. The molecule has 1 heterocycles. The Morgan fingerprint density at radius 3 is 2.87 bits per heavy atom. The first kappa shape index (κ1) is 9.71. The molecule has 0 radical (unpaired) electrons. The van der Waals surface area contributed by atoms with E-state index in [9.17, 15) is 4.79 Å². The third kappa shape index (κ3) is 1.48. The van der Waals surface area contributed by atoms with Gasteiger partial charge in [0, 0.05) is 5.69 Å². The smallest absolute Gasteiger partial charge is 0.352 e. The van der Waals surface area contributed by atoms with Crippen molar-refractivity contribution in [3.63, 3.8) is 0 Å². The summed E-state index contributed by atoms with van der Waals surface area (Å²) in [6.45, 7) is 2.13. The maximum Gasteiger partial charge on any atom is 0.352 e. The number of rotatable bonds is 1. The molecule has 4 nitrogen and oxygen atoms in total. The Kier molecular flexibility index (Phi) is 2.19. The molecule has 0 aromatic heterocycles. The maximum atomic E-state index is 11.1. The van der Waals surface area contributed by atoms with Crippen LogP contribution in [0.25, 0.3) is 0 Å². The fourth-order valence-electron chi connectivity index (χ4n) is 1.71. The molecule has 15 heavy (non-hydrogen) atoms. The highest BCUT2D eigenvalue weighted by atomic mass is 16.5. The van der Waals surface area contributed by atoms with Gasteiger partial charge in [-0.05, 0) is 18.1 Å². The lowest BCUT2D eigenvalue weighted by Crippen LogP contribution is -2.14. The number of nitrogen functional groups attached to an aromatic ring is 1. The summed E-state index contributed by atoms with van der Waals surface area (Å²) in [5, 5.41) is 7.59. The van der Waals surface area contributed by atoms with Crippen LogP contribution in [-0.4, -0.2) is 18.3 Å². The van der Waals surface area contributed by atoms with Gasteiger partial charge in [-0.1, -0.05) is 18.2 Å². The number of carbonyl (C=O) groups is 1. The Morgan fingerprint density at radius 2 is 2.27 bits per heavy atom. The van der Waals surface area contributed by atoms with Gasteiger partial charge in [0.2, 0.25) is 0 Å². The van der Waals surface area contributed by atoms with Crippen LogP contribution in [0.5, 0.6) is 0 Å². The van der Waals surface area contributed by atoms with Gasteiger partial charge in [0.05, 0.1) is 5.92 Å². The molecule has 1 aromatic rings. The fourth-order valence-corrected chi connectivity index (χ4v) is 1.71. The number of hydrogen-bond acceptors (Lipinski definition) is 4. The summed E-state index contributed by atoms with van der Waals surface area (Å²) in [6, 6.07) is 5.61. The van der Waals surface area contributed by atoms with Gasteiger partial charge in [0.25, 0.3) is 0 Å². The van der Waals surface area contributed by atoms with Crippen LogP contribution in [0.1, 0.15) is 17.0 Å².